The minimum absolute atomic E-state index is 0.121. The van der Waals surface area contributed by atoms with Crippen LogP contribution >= 0.6 is 0 Å². The van der Waals surface area contributed by atoms with Crippen LogP contribution in [0.4, 0.5) is 14.9 Å². The quantitative estimate of drug-likeness (QED) is 0.731. The van der Waals surface area contributed by atoms with Crippen LogP contribution < -0.4 is 10.6 Å². The summed E-state index contributed by atoms with van der Waals surface area (Å²) in [5, 5.41) is 5.27. The van der Waals surface area contributed by atoms with Gasteiger partial charge in [0.2, 0.25) is 0 Å². The van der Waals surface area contributed by atoms with Crippen LogP contribution in [-0.2, 0) is 0 Å². The van der Waals surface area contributed by atoms with Gasteiger partial charge in [-0.05, 0) is 12.0 Å². The zero-order valence-electron chi connectivity index (χ0n) is 8.67. The number of urea groups is 1. The van der Waals surface area contributed by atoms with Crippen molar-refractivity contribution in [3.8, 4) is 0 Å². The van der Waals surface area contributed by atoms with Crippen LogP contribution in [0.1, 0.15) is 25.5 Å². The molecular weight excluding hydrogens is 195 g/mol. The fourth-order valence-corrected chi connectivity index (χ4v) is 1.83. The van der Waals surface area contributed by atoms with E-state index in [1.807, 2.05) is 19.9 Å². The number of hydrogen-bond acceptors (Lipinski definition) is 1. The highest BCUT2D eigenvalue weighted by atomic mass is 19.1. The summed E-state index contributed by atoms with van der Waals surface area (Å²) in [6.07, 6.45) is 0. The SMILES string of the molecule is CC(C)C1NC(=O)Nc2c(F)cccc21. The molecule has 1 heterocycles. The maximum absolute atomic E-state index is 13.4. The molecule has 0 fully saturated rings. The molecule has 1 atom stereocenters. The largest absolute Gasteiger partial charge is 0.331 e. The van der Waals surface area contributed by atoms with Gasteiger partial charge in [0.05, 0.1) is 11.7 Å². The molecule has 0 aromatic heterocycles. The highest BCUT2D eigenvalue weighted by Gasteiger charge is 2.27. The lowest BCUT2D eigenvalue weighted by molar-refractivity contribution is 0.242. The molecule has 2 N–H and O–H groups in total. The molecule has 1 unspecified atom stereocenters. The maximum Gasteiger partial charge on any atom is 0.319 e. The molecule has 15 heavy (non-hydrogen) atoms. The predicted molar refractivity (Wildman–Crippen MR) is 56.1 cm³/mol. The third-order valence-corrected chi connectivity index (χ3v) is 2.57. The van der Waals surface area contributed by atoms with Gasteiger partial charge in [0.1, 0.15) is 5.82 Å². The zero-order valence-corrected chi connectivity index (χ0v) is 8.67. The molecule has 0 spiro atoms. The molecular formula is C11H13FN2O. The first-order valence-corrected chi connectivity index (χ1v) is 4.95. The Morgan fingerprint density at radius 1 is 1.40 bits per heavy atom. The molecule has 1 aromatic carbocycles. The van der Waals surface area contributed by atoms with Crippen LogP contribution in [0.3, 0.4) is 0 Å². The van der Waals surface area contributed by atoms with Gasteiger partial charge in [0.15, 0.2) is 0 Å². The van der Waals surface area contributed by atoms with Crippen LogP contribution in [0.2, 0.25) is 0 Å². The Morgan fingerprint density at radius 3 is 2.80 bits per heavy atom. The lowest BCUT2D eigenvalue weighted by Gasteiger charge is -2.30. The Hall–Kier alpha value is -1.58. The summed E-state index contributed by atoms with van der Waals surface area (Å²) >= 11 is 0. The van der Waals surface area contributed by atoms with E-state index in [4.69, 9.17) is 0 Å². The smallest absolute Gasteiger partial charge is 0.319 e. The van der Waals surface area contributed by atoms with E-state index in [1.165, 1.54) is 6.07 Å². The van der Waals surface area contributed by atoms with Crippen molar-refractivity contribution in [3.63, 3.8) is 0 Å². The van der Waals surface area contributed by atoms with Gasteiger partial charge in [-0.1, -0.05) is 26.0 Å². The number of carbonyl (C=O) groups excluding carboxylic acids is 1. The highest BCUT2D eigenvalue weighted by Crippen LogP contribution is 2.33. The van der Waals surface area contributed by atoms with Crippen molar-refractivity contribution >= 4 is 11.7 Å². The number of fused-ring (bicyclic) bond motifs is 1. The van der Waals surface area contributed by atoms with Crippen molar-refractivity contribution in [1.82, 2.24) is 5.32 Å². The van der Waals surface area contributed by atoms with Gasteiger partial charge in [-0.3, -0.25) is 0 Å². The minimum atomic E-state index is -0.381. The Labute approximate surface area is 87.7 Å². The van der Waals surface area contributed by atoms with E-state index in [2.05, 4.69) is 10.6 Å². The molecule has 0 radical (unpaired) electrons. The van der Waals surface area contributed by atoms with Gasteiger partial charge >= 0.3 is 6.03 Å². The number of nitrogens with one attached hydrogen (secondary N) is 2. The van der Waals surface area contributed by atoms with Crippen molar-refractivity contribution in [2.75, 3.05) is 5.32 Å². The number of halogens is 1. The van der Waals surface area contributed by atoms with Crippen molar-refractivity contribution < 1.29 is 9.18 Å². The second-order valence-corrected chi connectivity index (χ2v) is 4.02. The van der Waals surface area contributed by atoms with Gasteiger partial charge in [-0.15, -0.1) is 0 Å². The van der Waals surface area contributed by atoms with Crippen LogP contribution in [0.25, 0.3) is 0 Å². The first kappa shape index (κ1) is 9.96. The Bertz CT molecular complexity index is 404. The van der Waals surface area contributed by atoms with Gasteiger partial charge in [-0.2, -0.15) is 0 Å². The first-order valence-electron chi connectivity index (χ1n) is 4.95. The van der Waals surface area contributed by atoms with Crippen LogP contribution in [0, 0.1) is 11.7 Å². The van der Waals surface area contributed by atoms with E-state index < -0.39 is 0 Å². The van der Waals surface area contributed by atoms with Gasteiger partial charge < -0.3 is 10.6 Å². The molecule has 0 aliphatic carbocycles. The third-order valence-electron chi connectivity index (χ3n) is 2.57. The summed E-state index contributed by atoms with van der Waals surface area (Å²) in [5.41, 5.74) is 1.12. The van der Waals surface area contributed by atoms with Crippen molar-refractivity contribution in [1.29, 1.82) is 0 Å². The summed E-state index contributed by atoms with van der Waals surface area (Å²) in [6.45, 7) is 3.98. The summed E-state index contributed by atoms with van der Waals surface area (Å²) in [6, 6.07) is 4.37. The average molecular weight is 208 g/mol. The molecule has 0 saturated heterocycles. The summed E-state index contributed by atoms with van der Waals surface area (Å²) in [4.78, 5) is 11.3. The molecule has 1 aliphatic heterocycles. The van der Waals surface area contributed by atoms with Crippen LogP contribution in [0.5, 0.6) is 0 Å². The van der Waals surface area contributed by atoms with E-state index >= 15 is 0 Å². The molecule has 3 nitrogen and oxygen atoms in total. The van der Waals surface area contributed by atoms with Crippen LogP contribution in [-0.4, -0.2) is 6.03 Å². The summed E-state index contributed by atoms with van der Waals surface area (Å²) in [5.74, 6) is -0.149. The number of benzene rings is 1. The van der Waals surface area contributed by atoms with Crippen LogP contribution in [0.15, 0.2) is 18.2 Å². The van der Waals surface area contributed by atoms with E-state index in [0.717, 1.165) is 5.56 Å². The predicted octanol–water partition coefficient (Wildman–Crippen LogP) is 2.66. The van der Waals surface area contributed by atoms with E-state index in [1.54, 1.807) is 6.07 Å². The average Bonchev–Trinajstić information content (AvgIpc) is 2.18. The fraction of sp³-hybridized carbons (Fsp3) is 0.364. The van der Waals surface area contributed by atoms with Crippen molar-refractivity contribution in [2.45, 2.75) is 19.9 Å². The summed E-state index contributed by atoms with van der Waals surface area (Å²) in [7, 11) is 0. The number of amides is 2. The number of hydrogen-bond donors (Lipinski definition) is 2. The lowest BCUT2D eigenvalue weighted by Crippen LogP contribution is -2.40. The number of carbonyl (C=O) groups is 1. The molecule has 1 aliphatic rings. The van der Waals surface area contributed by atoms with Gasteiger partial charge in [0.25, 0.3) is 0 Å². The monoisotopic (exact) mass is 208 g/mol. The lowest BCUT2D eigenvalue weighted by atomic mass is 9.93. The Morgan fingerprint density at radius 2 is 2.13 bits per heavy atom. The molecule has 2 amide bonds. The zero-order chi connectivity index (χ0) is 11.0. The number of rotatable bonds is 1. The number of anilines is 1. The van der Waals surface area contributed by atoms with Gasteiger partial charge in [-0.25, -0.2) is 9.18 Å². The maximum atomic E-state index is 13.4. The second-order valence-electron chi connectivity index (χ2n) is 4.02. The molecule has 1 aromatic rings. The molecule has 0 bridgehead atoms. The van der Waals surface area contributed by atoms with Crippen molar-refractivity contribution in [3.05, 3.63) is 29.6 Å². The topological polar surface area (TPSA) is 41.1 Å². The minimum Gasteiger partial charge on any atom is -0.331 e. The molecule has 2 rings (SSSR count). The highest BCUT2D eigenvalue weighted by molar-refractivity contribution is 5.93. The molecule has 4 heteroatoms. The second kappa shape index (κ2) is 3.53. The van der Waals surface area contributed by atoms with Gasteiger partial charge in [0, 0.05) is 5.56 Å². The van der Waals surface area contributed by atoms with E-state index in [0.29, 0.717) is 5.69 Å². The molecule has 80 valence electrons. The van der Waals surface area contributed by atoms with Crippen molar-refractivity contribution in [2.24, 2.45) is 5.92 Å². The Kier molecular flexibility index (Phi) is 2.34. The van der Waals surface area contributed by atoms with E-state index in [9.17, 15) is 9.18 Å². The Balaban J connectivity index is 2.51. The third kappa shape index (κ3) is 1.67. The van der Waals surface area contributed by atoms with E-state index in [-0.39, 0.29) is 23.8 Å². The normalized spacial score (nSPS) is 19.5. The summed E-state index contributed by atoms with van der Waals surface area (Å²) < 4.78 is 13.4. The first-order chi connectivity index (χ1) is 7.09. The molecule has 0 saturated carbocycles. The standard InChI is InChI=1S/C11H13FN2O/c1-6(2)9-7-4-3-5-8(12)10(7)14-11(15)13-9/h3-6,9H,1-2H3,(H2,13,14,15). The number of para-hydroxylation sites is 1. The fourth-order valence-electron chi connectivity index (χ4n) is 1.83.